The second kappa shape index (κ2) is 9.69. The Hall–Kier alpha value is -2.53. The van der Waals surface area contributed by atoms with Gasteiger partial charge in [-0.3, -0.25) is 4.79 Å². The molecule has 2 aromatic carbocycles. The van der Waals surface area contributed by atoms with E-state index in [1.165, 1.54) is 5.56 Å². The summed E-state index contributed by atoms with van der Waals surface area (Å²) in [5.74, 6) is -0.0313. The maximum atomic E-state index is 11.9. The van der Waals surface area contributed by atoms with Crippen LogP contribution >= 0.6 is 0 Å². The highest BCUT2D eigenvalue weighted by Gasteiger charge is 2.06. The van der Waals surface area contributed by atoms with Gasteiger partial charge in [0.25, 0.3) is 0 Å². The van der Waals surface area contributed by atoms with Gasteiger partial charge >= 0.3 is 0 Å². The Labute approximate surface area is 149 Å². The summed E-state index contributed by atoms with van der Waals surface area (Å²) in [7, 11) is 0. The zero-order valence-electron chi connectivity index (χ0n) is 14.7. The quantitative estimate of drug-likeness (QED) is 0.316. The Bertz CT molecular complexity index is 671. The van der Waals surface area contributed by atoms with Crippen LogP contribution in [0.4, 0.5) is 17.1 Å². The Morgan fingerprint density at radius 2 is 1.80 bits per heavy atom. The number of aliphatic hydroxyl groups is 1. The molecule has 5 nitrogen and oxygen atoms in total. The molecule has 134 valence electrons. The minimum Gasteiger partial charge on any atom is -0.397 e. The lowest BCUT2D eigenvalue weighted by molar-refractivity contribution is -0.116. The Morgan fingerprint density at radius 1 is 1.08 bits per heavy atom. The van der Waals surface area contributed by atoms with Crippen molar-refractivity contribution in [2.24, 2.45) is 0 Å². The fourth-order valence-corrected chi connectivity index (χ4v) is 2.54. The average molecular weight is 341 g/mol. The first-order valence-electron chi connectivity index (χ1n) is 8.70. The molecular weight excluding hydrogens is 314 g/mol. The van der Waals surface area contributed by atoms with E-state index in [2.05, 4.69) is 10.6 Å². The molecule has 0 radical (unpaired) electrons. The monoisotopic (exact) mass is 341 g/mol. The Kier molecular flexibility index (Phi) is 7.29. The molecule has 0 bridgehead atoms. The smallest absolute Gasteiger partial charge is 0.224 e. The number of aliphatic hydroxyl groups excluding tert-OH is 1. The molecule has 25 heavy (non-hydrogen) atoms. The lowest BCUT2D eigenvalue weighted by atomic mass is 10.1. The van der Waals surface area contributed by atoms with E-state index in [1.807, 2.05) is 43.3 Å². The standard InChI is InChI=1S/C20H27N3O2/c1-15-11-13-16(14-12-15)22-19(24)9-3-2-4-10-20(25)23-18-8-6-5-7-17(18)21/h5-8,11-14,19,22,24H,2-4,9-10,21H2,1H3,(H,23,25). The molecule has 0 fully saturated rings. The number of nitrogen functional groups attached to an aromatic ring is 1. The second-order valence-corrected chi connectivity index (χ2v) is 6.26. The van der Waals surface area contributed by atoms with Crippen molar-refractivity contribution < 1.29 is 9.90 Å². The Balaban J connectivity index is 1.58. The first kappa shape index (κ1) is 18.8. The third-order valence-electron chi connectivity index (χ3n) is 4.00. The van der Waals surface area contributed by atoms with E-state index in [1.54, 1.807) is 12.1 Å². The summed E-state index contributed by atoms with van der Waals surface area (Å²) in [4.78, 5) is 11.9. The molecule has 0 heterocycles. The minimum atomic E-state index is -0.569. The second-order valence-electron chi connectivity index (χ2n) is 6.26. The van der Waals surface area contributed by atoms with Gasteiger partial charge in [0.15, 0.2) is 0 Å². The fourth-order valence-electron chi connectivity index (χ4n) is 2.54. The fraction of sp³-hybridized carbons (Fsp3) is 0.350. The van der Waals surface area contributed by atoms with Crippen LogP contribution in [0.5, 0.6) is 0 Å². The van der Waals surface area contributed by atoms with Crippen molar-refractivity contribution in [1.29, 1.82) is 0 Å². The summed E-state index contributed by atoms with van der Waals surface area (Å²) in [6.07, 6.45) is 3.08. The summed E-state index contributed by atoms with van der Waals surface area (Å²) >= 11 is 0. The van der Waals surface area contributed by atoms with E-state index in [9.17, 15) is 9.90 Å². The van der Waals surface area contributed by atoms with Gasteiger partial charge in [-0.15, -0.1) is 0 Å². The lowest BCUT2D eigenvalue weighted by Crippen LogP contribution is -2.18. The summed E-state index contributed by atoms with van der Waals surface area (Å²) < 4.78 is 0. The molecule has 1 amide bonds. The topological polar surface area (TPSA) is 87.4 Å². The minimum absolute atomic E-state index is 0.0313. The predicted molar refractivity (Wildman–Crippen MR) is 103 cm³/mol. The summed E-state index contributed by atoms with van der Waals surface area (Å²) in [5, 5.41) is 15.9. The molecule has 0 saturated heterocycles. The van der Waals surface area contributed by atoms with Crippen molar-refractivity contribution >= 4 is 23.0 Å². The van der Waals surface area contributed by atoms with Crippen LogP contribution in [-0.2, 0) is 4.79 Å². The Morgan fingerprint density at radius 3 is 2.52 bits per heavy atom. The molecule has 5 heteroatoms. The van der Waals surface area contributed by atoms with Crippen LogP contribution in [0.25, 0.3) is 0 Å². The van der Waals surface area contributed by atoms with Gasteiger partial charge in [0.05, 0.1) is 11.4 Å². The summed E-state index contributed by atoms with van der Waals surface area (Å²) in [6, 6.07) is 15.2. The highest BCUT2D eigenvalue weighted by atomic mass is 16.3. The molecule has 5 N–H and O–H groups in total. The van der Waals surface area contributed by atoms with Crippen LogP contribution < -0.4 is 16.4 Å². The molecule has 0 spiro atoms. The number of carbonyl (C=O) groups excluding carboxylic acids is 1. The maximum absolute atomic E-state index is 11.9. The highest BCUT2D eigenvalue weighted by Crippen LogP contribution is 2.17. The summed E-state index contributed by atoms with van der Waals surface area (Å²) in [5.41, 5.74) is 9.13. The van der Waals surface area contributed by atoms with Crippen LogP contribution in [0.3, 0.4) is 0 Å². The largest absolute Gasteiger partial charge is 0.397 e. The van der Waals surface area contributed by atoms with Crippen LogP contribution in [-0.4, -0.2) is 17.2 Å². The van der Waals surface area contributed by atoms with Gasteiger partial charge < -0.3 is 21.5 Å². The van der Waals surface area contributed by atoms with Crippen molar-refractivity contribution in [3.63, 3.8) is 0 Å². The van der Waals surface area contributed by atoms with Crippen molar-refractivity contribution in [2.75, 3.05) is 16.4 Å². The number of hydrogen-bond donors (Lipinski definition) is 4. The number of benzene rings is 2. The first-order valence-corrected chi connectivity index (χ1v) is 8.70. The highest BCUT2D eigenvalue weighted by molar-refractivity contribution is 5.93. The SMILES string of the molecule is Cc1ccc(NC(O)CCCCCC(=O)Nc2ccccc2N)cc1. The summed E-state index contributed by atoms with van der Waals surface area (Å²) in [6.45, 7) is 2.03. The van der Waals surface area contributed by atoms with E-state index < -0.39 is 6.23 Å². The molecule has 0 aromatic heterocycles. The van der Waals surface area contributed by atoms with Gasteiger partial charge in [-0.25, -0.2) is 0 Å². The lowest BCUT2D eigenvalue weighted by Gasteiger charge is -2.14. The number of carbonyl (C=O) groups is 1. The van der Waals surface area contributed by atoms with Gasteiger partial charge in [-0.2, -0.15) is 0 Å². The first-order chi connectivity index (χ1) is 12.0. The van der Waals surface area contributed by atoms with Gasteiger partial charge in [-0.05, 0) is 50.5 Å². The number of amides is 1. The molecule has 0 aliphatic heterocycles. The number of rotatable bonds is 9. The van der Waals surface area contributed by atoms with Crippen molar-refractivity contribution in [1.82, 2.24) is 0 Å². The number of nitrogens with one attached hydrogen (secondary N) is 2. The van der Waals surface area contributed by atoms with Crippen LogP contribution in [0.2, 0.25) is 0 Å². The van der Waals surface area contributed by atoms with E-state index in [-0.39, 0.29) is 5.91 Å². The number of hydrogen-bond acceptors (Lipinski definition) is 4. The van der Waals surface area contributed by atoms with E-state index in [4.69, 9.17) is 5.73 Å². The molecule has 2 rings (SSSR count). The van der Waals surface area contributed by atoms with Crippen molar-refractivity contribution in [2.45, 2.75) is 45.3 Å². The molecule has 0 saturated carbocycles. The number of nitrogens with two attached hydrogens (primary N) is 1. The van der Waals surface area contributed by atoms with Gasteiger partial charge in [0.2, 0.25) is 5.91 Å². The third-order valence-corrected chi connectivity index (χ3v) is 4.00. The maximum Gasteiger partial charge on any atom is 0.224 e. The van der Waals surface area contributed by atoms with Gasteiger partial charge in [0, 0.05) is 12.1 Å². The molecule has 1 atom stereocenters. The zero-order valence-corrected chi connectivity index (χ0v) is 14.7. The number of unbranched alkanes of at least 4 members (excludes halogenated alkanes) is 2. The predicted octanol–water partition coefficient (Wildman–Crippen LogP) is 3.90. The van der Waals surface area contributed by atoms with E-state index >= 15 is 0 Å². The van der Waals surface area contributed by atoms with Crippen LogP contribution in [0.1, 0.15) is 37.7 Å². The molecule has 2 aromatic rings. The van der Waals surface area contributed by atoms with Crippen LogP contribution in [0, 0.1) is 6.92 Å². The number of para-hydroxylation sites is 2. The van der Waals surface area contributed by atoms with E-state index in [0.717, 1.165) is 24.9 Å². The van der Waals surface area contributed by atoms with Gasteiger partial charge in [0.1, 0.15) is 6.23 Å². The molecule has 1 unspecified atom stereocenters. The number of anilines is 3. The molecular formula is C20H27N3O2. The average Bonchev–Trinajstić information content (AvgIpc) is 2.59. The van der Waals surface area contributed by atoms with Crippen LogP contribution in [0.15, 0.2) is 48.5 Å². The van der Waals surface area contributed by atoms with Gasteiger partial charge in [-0.1, -0.05) is 36.2 Å². The molecule has 0 aliphatic rings. The number of aryl methyl sites for hydroxylation is 1. The normalized spacial score (nSPS) is 11.8. The third kappa shape index (κ3) is 6.85. The van der Waals surface area contributed by atoms with Crippen molar-refractivity contribution in [3.8, 4) is 0 Å². The molecule has 0 aliphatic carbocycles. The van der Waals surface area contributed by atoms with E-state index in [0.29, 0.717) is 24.2 Å². The zero-order chi connectivity index (χ0) is 18.1. The van der Waals surface area contributed by atoms with Crippen molar-refractivity contribution in [3.05, 3.63) is 54.1 Å².